The molecule has 0 aliphatic heterocycles. The van der Waals surface area contributed by atoms with Crippen LogP contribution in [0.25, 0.3) is 0 Å². The van der Waals surface area contributed by atoms with Crippen molar-refractivity contribution in [3.63, 3.8) is 0 Å². The van der Waals surface area contributed by atoms with E-state index in [0.29, 0.717) is 24.8 Å². The number of carbonyl (C=O) groups excluding carboxylic acids is 6. The quantitative estimate of drug-likeness (QED) is 0.301. The van der Waals surface area contributed by atoms with E-state index >= 15 is 0 Å². The molecule has 11 heteroatoms. The normalized spacial score (nSPS) is 31.8. The van der Waals surface area contributed by atoms with Crippen LogP contribution in [0.2, 0.25) is 0 Å². The molecule has 1 aromatic carbocycles. The van der Waals surface area contributed by atoms with Gasteiger partial charge in [-0.1, -0.05) is 31.6 Å². The number of phenols is 1. The highest BCUT2D eigenvalue weighted by molar-refractivity contribution is 5.95. The molecular weight excluding hydrogens is 606 g/mol. The largest absolute Gasteiger partial charge is 0.508 e. The molecule has 7 atom stereocenters. The Morgan fingerprint density at radius 2 is 1.72 bits per heavy atom. The molecule has 1 amide bonds. The highest BCUT2D eigenvalue weighted by Gasteiger charge is 2.68. The van der Waals surface area contributed by atoms with E-state index in [1.165, 1.54) is 12.1 Å². The average Bonchev–Trinajstić information content (AvgIpc) is 3.30. The maximum Gasteiger partial charge on any atom is 0.328 e. The Labute approximate surface area is 274 Å². The Morgan fingerprint density at radius 3 is 2.43 bits per heavy atom. The lowest BCUT2D eigenvalue weighted by Gasteiger charge is -2.57. The molecule has 0 heterocycles. The van der Waals surface area contributed by atoms with Crippen molar-refractivity contribution >= 4 is 35.2 Å². The van der Waals surface area contributed by atoms with Crippen LogP contribution in [0.1, 0.15) is 84.1 Å². The number of aliphatic hydroxyl groups is 1. The SMILES string of the molecule is CCOC(=O)[C@H](Cc1ccc(O)cc1)NC(=O)CCC(=O)OCC(=O)[C@]1(O)CC[C@@H]2[C@H]3CCC4=CC(=O)CC[C@]4(C)[C@H]3C(=O)C[C@@]21C. The molecule has 0 spiro atoms. The second-order valence-corrected chi connectivity index (χ2v) is 14.1. The van der Waals surface area contributed by atoms with Crippen molar-refractivity contribution in [1.29, 1.82) is 0 Å². The predicted octanol–water partition coefficient (Wildman–Crippen LogP) is 3.32. The molecule has 3 saturated carbocycles. The molecule has 4 aliphatic rings. The molecular formula is C36H45NO10. The van der Waals surface area contributed by atoms with Crippen molar-refractivity contribution in [2.75, 3.05) is 13.2 Å². The number of hydrogen-bond donors (Lipinski definition) is 3. The van der Waals surface area contributed by atoms with Gasteiger partial charge in [-0.05, 0) is 80.1 Å². The number of amides is 1. The van der Waals surface area contributed by atoms with Crippen molar-refractivity contribution < 1.29 is 48.5 Å². The number of rotatable bonds is 11. The summed E-state index contributed by atoms with van der Waals surface area (Å²) < 4.78 is 10.3. The van der Waals surface area contributed by atoms with Gasteiger partial charge in [0.1, 0.15) is 23.2 Å². The second kappa shape index (κ2) is 13.3. The van der Waals surface area contributed by atoms with Gasteiger partial charge in [-0.25, -0.2) is 4.79 Å². The fraction of sp³-hybridized carbons (Fsp3) is 0.611. The van der Waals surface area contributed by atoms with E-state index in [1.54, 1.807) is 32.1 Å². The van der Waals surface area contributed by atoms with E-state index in [1.807, 2.05) is 0 Å². The van der Waals surface area contributed by atoms with Gasteiger partial charge in [-0.3, -0.25) is 24.0 Å². The first-order chi connectivity index (χ1) is 22.2. The summed E-state index contributed by atoms with van der Waals surface area (Å²) in [6.07, 6.45) is 4.44. The first kappa shape index (κ1) is 34.5. The monoisotopic (exact) mass is 651 g/mol. The molecule has 0 unspecified atom stereocenters. The molecule has 3 N–H and O–H groups in total. The molecule has 47 heavy (non-hydrogen) atoms. The summed E-state index contributed by atoms with van der Waals surface area (Å²) in [4.78, 5) is 77.1. The minimum absolute atomic E-state index is 0.00744. The number of nitrogens with one attached hydrogen (secondary N) is 1. The van der Waals surface area contributed by atoms with E-state index in [9.17, 15) is 39.0 Å². The van der Waals surface area contributed by atoms with Gasteiger partial charge >= 0.3 is 11.9 Å². The fourth-order valence-corrected chi connectivity index (χ4v) is 8.97. The number of phenolic OH excluding ortho intramolecular Hbond substituents is 1. The number of Topliss-reactive ketones (excluding diaryl/α,β-unsaturated/α-hetero) is 2. The zero-order valence-corrected chi connectivity index (χ0v) is 27.3. The van der Waals surface area contributed by atoms with Crippen molar-refractivity contribution in [3.8, 4) is 5.75 Å². The van der Waals surface area contributed by atoms with E-state index in [2.05, 4.69) is 12.2 Å². The minimum atomic E-state index is -1.84. The van der Waals surface area contributed by atoms with Crippen LogP contribution >= 0.6 is 0 Å². The lowest BCUT2D eigenvalue weighted by molar-refractivity contribution is -0.173. The van der Waals surface area contributed by atoms with Gasteiger partial charge in [0.15, 0.2) is 12.4 Å². The summed E-state index contributed by atoms with van der Waals surface area (Å²) in [7, 11) is 0. The summed E-state index contributed by atoms with van der Waals surface area (Å²) in [5.41, 5.74) is -1.50. The van der Waals surface area contributed by atoms with Crippen LogP contribution < -0.4 is 5.32 Å². The van der Waals surface area contributed by atoms with E-state index < -0.39 is 47.3 Å². The van der Waals surface area contributed by atoms with Crippen LogP contribution in [0.5, 0.6) is 5.75 Å². The predicted molar refractivity (Wildman–Crippen MR) is 168 cm³/mol. The smallest absolute Gasteiger partial charge is 0.328 e. The number of ketones is 3. The molecule has 0 radical (unpaired) electrons. The van der Waals surface area contributed by atoms with Gasteiger partial charge in [-0.2, -0.15) is 0 Å². The summed E-state index contributed by atoms with van der Waals surface area (Å²) in [6.45, 7) is 4.97. The lowest BCUT2D eigenvalue weighted by atomic mass is 9.46. The van der Waals surface area contributed by atoms with E-state index in [0.717, 1.165) is 18.4 Å². The van der Waals surface area contributed by atoms with Gasteiger partial charge in [0.05, 0.1) is 13.0 Å². The number of carbonyl (C=O) groups is 6. The molecule has 3 fully saturated rings. The number of aromatic hydroxyl groups is 1. The Balaban J connectivity index is 1.16. The summed E-state index contributed by atoms with van der Waals surface area (Å²) in [6, 6.07) is 5.15. The number of esters is 2. The highest BCUT2D eigenvalue weighted by atomic mass is 16.5. The van der Waals surface area contributed by atoms with E-state index in [-0.39, 0.29) is 79.2 Å². The maximum atomic E-state index is 13.8. The van der Waals surface area contributed by atoms with Gasteiger partial charge < -0.3 is 25.0 Å². The number of allylic oxidation sites excluding steroid dienone is 1. The Kier molecular flexibility index (Phi) is 9.78. The Bertz CT molecular complexity index is 1480. The summed E-state index contributed by atoms with van der Waals surface area (Å²) in [5.74, 6) is -2.85. The number of hydrogen-bond acceptors (Lipinski definition) is 10. The Morgan fingerprint density at radius 1 is 1.00 bits per heavy atom. The van der Waals surface area contributed by atoms with Crippen LogP contribution in [0.3, 0.4) is 0 Å². The van der Waals surface area contributed by atoms with Crippen LogP contribution in [-0.2, 0) is 44.7 Å². The first-order valence-corrected chi connectivity index (χ1v) is 16.6. The van der Waals surface area contributed by atoms with Crippen molar-refractivity contribution in [2.24, 2.45) is 28.6 Å². The van der Waals surface area contributed by atoms with Gasteiger partial charge in [-0.15, -0.1) is 0 Å². The molecule has 254 valence electrons. The zero-order valence-electron chi connectivity index (χ0n) is 27.3. The number of benzene rings is 1. The molecule has 1 aromatic rings. The van der Waals surface area contributed by atoms with Crippen LogP contribution in [0.4, 0.5) is 0 Å². The van der Waals surface area contributed by atoms with Gasteiger partial charge in [0, 0.05) is 37.0 Å². The molecule has 0 aromatic heterocycles. The molecule has 0 saturated heterocycles. The minimum Gasteiger partial charge on any atom is -0.508 e. The fourth-order valence-electron chi connectivity index (χ4n) is 8.97. The van der Waals surface area contributed by atoms with Crippen LogP contribution in [-0.4, -0.2) is 70.3 Å². The molecule has 0 bridgehead atoms. The van der Waals surface area contributed by atoms with Crippen LogP contribution in [0.15, 0.2) is 35.9 Å². The number of ether oxygens (including phenoxy) is 2. The van der Waals surface area contributed by atoms with Crippen molar-refractivity contribution in [2.45, 2.75) is 96.6 Å². The van der Waals surface area contributed by atoms with Crippen molar-refractivity contribution in [1.82, 2.24) is 5.32 Å². The molecule has 5 rings (SSSR count). The van der Waals surface area contributed by atoms with Crippen LogP contribution in [0, 0.1) is 28.6 Å². The third-order valence-electron chi connectivity index (χ3n) is 11.5. The first-order valence-electron chi connectivity index (χ1n) is 16.6. The lowest BCUT2D eigenvalue weighted by Crippen LogP contribution is -2.61. The summed E-state index contributed by atoms with van der Waals surface area (Å²) >= 11 is 0. The third-order valence-corrected chi connectivity index (χ3v) is 11.5. The maximum absolute atomic E-state index is 13.8. The number of fused-ring (bicyclic) bond motifs is 5. The second-order valence-electron chi connectivity index (χ2n) is 14.1. The standard InChI is InChI=1S/C36H45NO10/c1-4-46-33(44)27(17-21-5-8-23(38)9-6-21)37-30(42)11-12-31(43)47-20-29(41)36(45)16-14-26-25-10-7-22-18-24(39)13-15-34(22,2)32(25)28(40)19-35(26,36)3/h5-6,8-9,18,25-27,32,38,45H,4,7,10-17,19-20H2,1-3H3,(H,37,42)/t25-,26-,27+,32-,34+,35+,36-/m1/s1. The van der Waals surface area contributed by atoms with E-state index in [4.69, 9.17) is 9.47 Å². The topological polar surface area (TPSA) is 173 Å². The zero-order chi connectivity index (χ0) is 34.1. The molecule has 4 aliphatic carbocycles. The summed E-state index contributed by atoms with van der Waals surface area (Å²) in [5, 5.41) is 23.9. The average molecular weight is 652 g/mol. The van der Waals surface area contributed by atoms with Gasteiger partial charge in [0.2, 0.25) is 11.7 Å². The van der Waals surface area contributed by atoms with Gasteiger partial charge in [0.25, 0.3) is 0 Å². The highest BCUT2D eigenvalue weighted by Crippen LogP contribution is 2.66. The third kappa shape index (κ3) is 6.51. The Hall–Kier alpha value is -3.86. The van der Waals surface area contributed by atoms with Crippen molar-refractivity contribution in [3.05, 3.63) is 41.5 Å². The molecule has 11 nitrogen and oxygen atoms in total.